The molecule has 0 spiro atoms. The third-order valence-electron chi connectivity index (χ3n) is 5.94. The number of piperazine rings is 1. The van der Waals surface area contributed by atoms with E-state index in [-0.39, 0.29) is 11.4 Å². The standard InChI is InChI=1S/C23H21FN6O/c24-19-10-15(11-20-21(19)22-18(23(31)28-20)2-1-5-26-22)14-29-6-8-30(9-7-29)17-4-3-16(12-25)27-13-17/h3-5,10-11,13H,1-2,6-9,14H2,(H,28,31). The molecule has 1 N–H and O–H groups in total. The molecule has 31 heavy (non-hydrogen) atoms. The Balaban J connectivity index is 1.33. The first-order valence-corrected chi connectivity index (χ1v) is 10.4. The van der Waals surface area contributed by atoms with Gasteiger partial charge in [-0.1, -0.05) is 0 Å². The summed E-state index contributed by atoms with van der Waals surface area (Å²) >= 11 is 0. The summed E-state index contributed by atoms with van der Waals surface area (Å²) in [5.41, 5.74) is 3.59. The Kier molecular flexibility index (Phi) is 4.96. The molecule has 0 atom stereocenters. The van der Waals surface area contributed by atoms with Crippen LogP contribution in [0.4, 0.5) is 15.8 Å². The average molecular weight is 416 g/mol. The molecule has 1 aromatic carbocycles. The minimum Gasteiger partial charge on any atom is -0.368 e. The van der Waals surface area contributed by atoms with Gasteiger partial charge in [0, 0.05) is 44.5 Å². The highest BCUT2D eigenvalue weighted by Gasteiger charge is 2.21. The Morgan fingerprint density at radius 2 is 2.03 bits per heavy atom. The molecule has 7 nitrogen and oxygen atoms in total. The molecule has 0 bridgehead atoms. The van der Waals surface area contributed by atoms with Gasteiger partial charge in [0.05, 0.1) is 28.5 Å². The number of aromatic amines is 1. The largest absolute Gasteiger partial charge is 0.368 e. The van der Waals surface area contributed by atoms with Crippen LogP contribution in [0.1, 0.15) is 23.2 Å². The number of aliphatic imine (C=N–C) groups is 1. The molecule has 2 aliphatic heterocycles. The molecule has 1 fully saturated rings. The molecule has 5 rings (SSSR count). The number of H-pyrrole nitrogens is 1. The van der Waals surface area contributed by atoms with E-state index >= 15 is 4.39 Å². The molecule has 1 saturated heterocycles. The van der Waals surface area contributed by atoms with Crippen LogP contribution in [-0.4, -0.2) is 47.3 Å². The number of pyridine rings is 2. The van der Waals surface area contributed by atoms with E-state index < -0.39 is 0 Å². The maximum atomic E-state index is 15.0. The molecule has 2 aliphatic rings. The van der Waals surface area contributed by atoms with Crippen molar-refractivity contribution in [1.29, 1.82) is 5.26 Å². The van der Waals surface area contributed by atoms with Gasteiger partial charge in [0.1, 0.15) is 17.6 Å². The second-order valence-corrected chi connectivity index (χ2v) is 7.91. The second kappa shape index (κ2) is 7.93. The van der Waals surface area contributed by atoms with Gasteiger partial charge in [0.15, 0.2) is 0 Å². The van der Waals surface area contributed by atoms with Gasteiger partial charge in [0.2, 0.25) is 0 Å². The number of halogens is 1. The first-order chi connectivity index (χ1) is 15.1. The zero-order valence-corrected chi connectivity index (χ0v) is 16.9. The van der Waals surface area contributed by atoms with E-state index in [0.717, 1.165) is 37.4 Å². The number of nitrogens with one attached hydrogen (secondary N) is 1. The minimum absolute atomic E-state index is 0.180. The van der Waals surface area contributed by atoms with Crippen LogP contribution in [0.3, 0.4) is 0 Å². The molecule has 0 saturated carbocycles. The highest BCUT2D eigenvalue weighted by molar-refractivity contribution is 5.94. The fourth-order valence-corrected chi connectivity index (χ4v) is 4.35. The Hall–Kier alpha value is -3.57. The molecule has 0 aliphatic carbocycles. The van der Waals surface area contributed by atoms with Crippen LogP contribution in [-0.2, 0) is 13.0 Å². The smallest absolute Gasteiger partial charge is 0.253 e. The average Bonchev–Trinajstić information content (AvgIpc) is 2.79. The quantitative estimate of drug-likeness (QED) is 0.709. The number of anilines is 1. The third-order valence-corrected chi connectivity index (χ3v) is 5.94. The number of hydrogen-bond acceptors (Lipinski definition) is 6. The Bertz CT molecular complexity index is 1270. The summed E-state index contributed by atoms with van der Waals surface area (Å²) < 4.78 is 15.0. The summed E-state index contributed by atoms with van der Waals surface area (Å²) in [5, 5.41) is 9.28. The number of nitrogens with zero attached hydrogens (tertiary/aromatic N) is 5. The second-order valence-electron chi connectivity index (χ2n) is 7.91. The van der Waals surface area contributed by atoms with Crippen LogP contribution >= 0.6 is 0 Å². The predicted octanol–water partition coefficient (Wildman–Crippen LogP) is 2.90. The number of aromatic nitrogens is 2. The van der Waals surface area contributed by atoms with Crippen molar-refractivity contribution in [3.8, 4) is 6.07 Å². The predicted molar refractivity (Wildman–Crippen MR) is 117 cm³/mol. The highest BCUT2D eigenvalue weighted by atomic mass is 19.1. The molecule has 4 heterocycles. The molecule has 156 valence electrons. The van der Waals surface area contributed by atoms with Crippen LogP contribution in [0.5, 0.6) is 0 Å². The van der Waals surface area contributed by atoms with Gasteiger partial charge in [-0.2, -0.15) is 5.26 Å². The van der Waals surface area contributed by atoms with Crippen molar-refractivity contribution in [2.45, 2.75) is 19.4 Å². The maximum absolute atomic E-state index is 15.0. The SMILES string of the molecule is N#Cc1ccc(N2CCN(Cc3cc(F)c4c5c(c(=O)[nH]c4c3)CCC=N5)CC2)cn1. The van der Waals surface area contributed by atoms with Gasteiger partial charge < -0.3 is 9.88 Å². The van der Waals surface area contributed by atoms with Crippen LogP contribution in [0.15, 0.2) is 40.2 Å². The minimum atomic E-state index is -0.346. The zero-order valence-electron chi connectivity index (χ0n) is 16.9. The summed E-state index contributed by atoms with van der Waals surface area (Å²) in [6.07, 6.45) is 4.76. The van der Waals surface area contributed by atoms with Gasteiger partial charge in [-0.15, -0.1) is 0 Å². The van der Waals surface area contributed by atoms with E-state index in [2.05, 4.69) is 24.8 Å². The molecule has 0 amide bonds. The first-order valence-electron chi connectivity index (χ1n) is 10.4. The van der Waals surface area contributed by atoms with Crippen LogP contribution in [0.25, 0.3) is 10.9 Å². The summed E-state index contributed by atoms with van der Waals surface area (Å²) in [6, 6.07) is 9.09. The van der Waals surface area contributed by atoms with E-state index in [1.54, 1.807) is 24.5 Å². The molecule has 0 radical (unpaired) electrons. The van der Waals surface area contributed by atoms with Crippen molar-refractivity contribution in [3.63, 3.8) is 0 Å². The topological polar surface area (TPSA) is 88.4 Å². The van der Waals surface area contributed by atoms with Crippen LogP contribution in [0, 0.1) is 17.1 Å². The van der Waals surface area contributed by atoms with Crippen molar-refractivity contribution < 1.29 is 4.39 Å². The van der Waals surface area contributed by atoms with E-state index in [1.807, 2.05) is 18.2 Å². The molecule has 0 unspecified atom stereocenters. The highest BCUT2D eigenvalue weighted by Crippen LogP contribution is 2.32. The number of benzene rings is 1. The lowest BCUT2D eigenvalue weighted by molar-refractivity contribution is 0.249. The number of fused-ring (bicyclic) bond motifs is 3. The number of hydrogen-bond donors (Lipinski definition) is 1. The number of rotatable bonds is 3. The molecular weight excluding hydrogens is 395 g/mol. The van der Waals surface area contributed by atoms with Gasteiger partial charge in [-0.05, 0) is 42.7 Å². The van der Waals surface area contributed by atoms with E-state index in [0.29, 0.717) is 47.2 Å². The van der Waals surface area contributed by atoms with Crippen LogP contribution in [0.2, 0.25) is 0 Å². The van der Waals surface area contributed by atoms with Crippen molar-refractivity contribution in [2.24, 2.45) is 4.99 Å². The maximum Gasteiger partial charge on any atom is 0.253 e. The fourth-order valence-electron chi connectivity index (χ4n) is 4.35. The van der Waals surface area contributed by atoms with E-state index in [4.69, 9.17) is 5.26 Å². The Morgan fingerprint density at radius 3 is 2.77 bits per heavy atom. The lowest BCUT2D eigenvalue weighted by atomic mass is 10.0. The molecular formula is C23H21FN6O. The molecule has 8 heteroatoms. The molecule has 3 aromatic rings. The van der Waals surface area contributed by atoms with E-state index in [9.17, 15) is 4.79 Å². The third kappa shape index (κ3) is 3.68. The van der Waals surface area contributed by atoms with Crippen molar-refractivity contribution in [3.05, 3.63) is 63.5 Å². The van der Waals surface area contributed by atoms with Gasteiger partial charge >= 0.3 is 0 Å². The van der Waals surface area contributed by atoms with Crippen molar-refractivity contribution in [2.75, 3.05) is 31.1 Å². The Morgan fingerprint density at radius 1 is 1.19 bits per heavy atom. The molecule has 2 aromatic heterocycles. The van der Waals surface area contributed by atoms with Gasteiger partial charge in [0.25, 0.3) is 5.56 Å². The monoisotopic (exact) mass is 416 g/mol. The van der Waals surface area contributed by atoms with Gasteiger partial charge in [-0.25, -0.2) is 9.37 Å². The summed E-state index contributed by atoms with van der Waals surface area (Å²) in [4.78, 5) is 28.2. The van der Waals surface area contributed by atoms with Crippen molar-refractivity contribution >= 4 is 28.5 Å². The Labute approximate surface area is 178 Å². The van der Waals surface area contributed by atoms with Crippen LogP contribution < -0.4 is 10.5 Å². The normalized spacial score (nSPS) is 16.3. The summed E-state index contributed by atoms with van der Waals surface area (Å²) in [7, 11) is 0. The lowest BCUT2D eigenvalue weighted by Crippen LogP contribution is -2.46. The lowest BCUT2D eigenvalue weighted by Gasteiger charge is -2.36. The summed E-state index contributed by atoms with van der Waals surface area (Å²) in [5.74, 6) is -0.346. The summed E-state index contributed by atoms with van der Waals surface area (Å²) in [6.45, 7) is 3.90. The fraction of sp³-hybridized carbons (Fsp3) is 0.304. The zero-order chi connectivity index (χ0) is 21.4. The van der Waals surface area contributed by atoms with Gasteiger partial charge in [-0.3, -0.25) is 14.7 Å². The number of nitriles is 1. The van der Waals surface area contributed by atoms with Crippen molar-refractivity contribution in [1.82, 2.24) is 14.9 Å². The van der Waals surface area contributed by atoms with E-state index in [1.165, 1.54) is 0 Å². The first kappa shape index (κ1) is 19.4.